The van der Waals surface area contributed by atoms with Crippen LogP contribution in [0.3, 0.4) is 0 Å². The molecule has 19 heavy (non-hydrogen) atoms. The number of aromatic nitrogens is 1. The highest BCUT2D eigenvalue weighted by Crippen LogP contribution is 2.06. The van der Waals surface area contributed by atoms with Crippen LogP contribution < -0.4 is 5.46 Å². The van der Waals surface area contributed by atoms with E-state index in [1.165, 1.54) is 0 Å². The average molecular weight is 261 g/mol. The van der Waals surface area contributed by atoms with E-state index in [1.807, 2.05) is 0 Å². The topological polar surface area (TPSA) is 92.8 Å². The van der Waals surface area contributed by atoms with Crippen molar-refractivity contribution in [3.05, 3.63) is 47.3 Å². The highest BCUT2D eigenvalue weighted by atomic mass is 16.5. The van der Waals surface area contributed by atoms with Crippen LogP contribution in [0.15, 0.2) is 34.9 Å². The summed E-state index contributed by atoms with van der Waals surface area (Å²) in [4.78, 5) is 11.7. The van der Waals surface area contributed by atoms with Crippen molar-refractivity contribution in [2.75, 3.05) is 0 Å². The van der Waals surface area contributed by atoms with Gasteiger partial charge in [-0.25, -0.2) is 4.79 Å². The number of rotatable bonds is 4. The van der Waals surface area contributed by atoms with Crippen LogP contribution in [0.5, 0.6) is 0 Å². The summed E-state index contributed by atoms with van der Waals surface area (Å²) in [6.07, 6.45) is 0. The number of esters is 1. The van der Waals surface area contributed by atoms with Crippen LogP contribution in [0, 0.1) is 6.92 Å². The maximum atomic E-state index is 11.7. The zero-order chi connectivity index (χ0) is 13.8. The molecule has 2 N–H and O–H groups in total. The van der Waals surface area contributed by atoms with Crippen molar-refractivity contribution in [3.8, 4) is 0 Å². The van der Waals surface area contributed by atoms with Gasteiger partial charge in [-0.1, -0.05) is 23.4 Å². The van der Waals surface area contributed by atoms with Crippen LogP contribution in [0.2, 0.25) is 0 Å². The lowest BCUT2D eigenvalue weighted by Gasteiger charge is -2.04. The number of hydrogen-bond acceptors (Lipinski definition) is 6. The Bertz CT molecular complexity index is 567. The van der Waals surface area contributed by atoms with Crippen molar-refractivity contribution in [2.45, 2.75) is 13.5 Å². The molecular weight excluding hydrogens is 249 g/mol. The van der Waals surface area contributed by atoms with E-state index >= 15 is 0 Å². The van der Waals surface area contributed by atoms with Gasteiger partial charge in [0.05, 0.1) is 16.7 Å². The molecule has 7 heteroatoms. The van der Waals surface area contributed by atoms with E-state index in [4.69, 9.17) is 9.26 Å². The first kappa shape index (κ1) is 13.3. The zero-order valence-electron chi connectivity index (χ0n) is 10.2. The predicted octanol–water partition coefficient (Wildman–Crippen LogP) is 0.0198. The number of nitrogens with zero attached hydrogens (tertiary/aromatic N) is 1. The van der Waals surface area contributed by atoms with E-state index in [0.29, 0.717) is 11.3 Å². The summed E-state index contributed by atoms with van der Waals surface area (Å²) >= 11 is 0. The molecule has 0 unspecified atom stereocenters. The normalized spacial score (nSPS) is 10.3. The van der Waals surface area contributed by atoms with Crippen LogP contribution in [0.25, 0.3) is 0 Å². The van der Waals surface area contributed by atoms with Gasteiger partial charge in [0.15, 0.2) is 12.4 Å². The van der Waals surface area contributed by atoms with Crippen molar-refractivity contribution in [1.82, 2.24) is 5.16 Å². The molecule has 0 fully saturated rings. The number of carbonyl (C=O) groups excluding carboxylic acids is 1. The Morgan fingerprint density at radius 2 is 2.05 bits per heavy atom. The van der Waals surface area contributed by atoms with Crippen LogP contribution >= 0.6 is 0 Å². The number of benzene rings is 1. The lowest BCUT2D eigenvalue weighted by molar-refractivity contribution is 0.0438. The highest BCUT2D eigenvalue weighted by Gasteiger charge is 2.25. The lowest BCUT2D eigenvalue weighted by Crippen LogP contribution is -2.33. The Kier molecular flexibility index (Phi) is 3.98. The van der Waals surface area contributed by atoms with Crippen molar-refractivity contribution < 1.29 is 24.1 Å². The van der Waals surface area contributed by atoms with E-state index in [-0.39, 0.29) is 17.8 Å². The second-order valence-electron chi connectivity index (χ2n) is 3.92. The smallest absolute Gasteiger partial charge is 0.454 e. The van der Waals surface area contributed by atoms with E-state index in [9.17, 15) is 14.8 Å². The first-order valence-corrected chi connectivity index (χ1v) is 5.63. The Morgan fingerprint density at radius 1 is 1.37 bits per heavy atom. The van der Waals surface area contributed by atoms with Crippen molar-refractivity contribution >= 4 is 18.6 Å². The molecule has 0 bridgehead atoms. The number of carbonyl (C=O) groups is 1. The molecule has 2 aromatic rings. The molecule has 0 amide bonds. The van der Waals surface area contributed by atoms with Crippen molar-refractivity contribution in [1.29, 1.82) is 0 Å². The van der Waals surface area contributed by atoms with Gasteiger partial charge in [0.2, 0.25) is 0 Å². The van der Waals surface area contributed by atoms with Crippen LogP contribution in [0.4, 0.5) is 0 Å². The third-order valence-electron chi connectivity index (χ3n) is 2.59. The molecule has 0 aliphatic carbocycles. The molecule has 1 heterocycles. The summed E-state index contributed by atoms with van der Waals surface area (Å²) in [5.41, 5.74) is 0.881. The quantitative estimate of drug-likeness (QED) is 0.595. The van der Waals surface area contributed by atoms with E-state index in [2.05, 4.69) is 5.16 Å². The van der Waals surface area contributed by atoms with Crippen molar-refractivity contribution in [2.24, 2.45) is 0 Å². The highest BCUT2D eigenvalue weighted by molar-refractivity contribution is 6.59. The number of hydrogen-bond donors (Lipinski definition) is 2. The summed E-state index contributed by atoms with van der Waals surface area (Å²) in [5, 5.41) is 21.9. The molecule has 0 saturated heterocycles. The Labute approximate surface area is 109 Å². The van der Waals surface area contributed by atoms with Crippen LogP contribution in [-0.4, -0.2) is 28.3 Å². The second-order valence-corrected chi connectivity index (χ2v) is 3.92. The molecule has 0 radical (unpaired) electrons. The maximum absolute atomic E-state index is 11.7. The first-order valence-electron chi connectivity index (χ1n) is 5.63. The predicted molar refractivity (Wildman–Crippen MR) is 66.6 cm³/mol. The largest absolute Gasteiger partial charge is 0.494 e. The first-order chi connectivity index (χ1) is 9.09. The zero-order valence-corrected chi connectivity index (χ0v) is 10.2. The summed E-state index contributed by atoms with van der Waals surface area (Å²) in [6, 6.07) is 8.47. The SMILES string of the molecule is Cc1noc(COC(=O)c2ccccc2)c1B(O)O. The summed E-state index contributed by atoms with van der Waals surface area (Å²) < 4.78 is 9.92. The van der Waals surface area contributed by atoms with Crippen LogP contribution in [0.1, 0.15) is 21.8 Å². The molecule has 6 nitrogen and oxygen atoms in total. The summed E-state index contributed by atoms with van der Waals surface area (Å²) in [6.45, 7) is 1.36. The third kappa shape index (κ3) is 3.01. The molecule has 1 aromatic heterocycles. The number of aryl methyl sites for hydroxylation is 1. The van der Waals surface area contributed by atoms with Gasteiger partial charge in [0.1, 0.15) is 0 Å². The standard InChI is InChI=1S/C12H12BNO5/c1-8-11(13(16)17)10(19-14-8)7-18-12(15)9-5-3-2-4-6-9/h2-6,16-17H,7H2,1H3. The molecule has 0 aliphatic heterocycles. The minimum Gasteiger partial charge on any atom is -0.454 e. The minimum absolute atomic E-state index is 0.122. The van der Waals surface area contributed by atoms with Gasteiger partial charge in [-0.15, -0.1) is 0 Å². The molecule has 0 saturated carbocycles. The maximum Gasteiger partial charge on any atom is 0.494 e. The second kappa shape index (κ2) is 5.68. The van der Waals surface area contributed by atoms with Crippen molar-refractivity contribution in [3.63, 3.8) is 0 Å². The van der Waals surface area contributed by atoms with Gasteiger partial charge >= 0.3 is 13.1 Å². The van der Waals surface area contributed by atoms with Gasteiger partial charge in [-0.3, -0.25) is 0 Å². The summed E-state index contributed by atoms with van der Waals surface area (Å²) in [5.74, 6) is -0.398. The fraction of sp³-hybridized carbons (Fsp3) is 0.167. The lowest BCUT2D eigenvalue weighted by atomic mass is 9.78. The third-order valence-corrected chi connectivity index (χ3v) is 2.59. The minimum atomic E-state index is -1.71. The monoisotopic (exact) mass is 261 g/mol. The van der Waals surface area contributed by atoms with Gasteiger partial charge in [-0.05, 0) is 19.1 Å². The molecule has 0 spiro atoms. The molecule has 0 atom stereocenters. The molecule has 1 aromatic carbocycles. The van der Waals surface area contributed by atoms with E-state index < -0.39 is 13.1 Å². The molecule has 98 valence electrons. The summed E-state index contributed by atoms with van der Waals surface area (Å²) in [7, 11) is -1.71. The fourth-order valence-electron chi connectivity index (χ4n) is 1.65. The van der Waals surface area contributed by atoms with Crippen LogP contribution in [-0.2, 0) is 11.3 Å². The fourth-order valence-corrected chi connectivity index (χ4v) is 1.65. The Hall–Kier alpha value is -2.12. The number of ether oxygens (including phenoxy) is 1. The van der Waals surface area contributed by atoms with E-state index in [1.54, 1.807) is 37.3 Å². The molecule has 2 rings (SSSR count). The molecular formula is C12H12BNO5. The Morgan fingerprint density at radius 3 is 2.68 bits per heavy atom. The van der Waals surface area contributed by atoms with Gasteiger partial charge in [0.25, 0.3) is 0 Å². The van der Waals surface area contributed by atoms with Gasteiger partial charge in [-0.2, -0.15) is 0 Å². The van der Waals surface area contributed by atoms with Gasteiger partial charge < -0.3 is 19.3 Å². The van der Waals surface area contributed by atoms with E-state index in [0.717, 1.165) is 0 Å². The Balaban J connectivity index is 2.06. The van der Waals surface area contributed by atoms with Gasteiger partial charge in [0, 0.05) is 0 Å². The average Bonchev–Trinajstić information content (AvgIpc) is 2.78. The molecule has 0 aliphatic rings.